The molecule has 0 amide bonds. The fraction of sp³-hybridized carbons (Fsp3) is 0.600. The monoisotopic (exact) mass is 423 g/mol. The van der Waals surface area contributed by atoms with Crippen molar-refractivity contribution in [1.82, 2.24) is 25.0 Å². The maximum Gasteiger partial charge on any atom is 0.203 e. The Bertz CT molecular complexity index is 821. The van der Waals surface area contributed by atoms with Gasteiger partial charge < -0.3 is 24.1 Å². The van der Waals surface area contributed by atoms with Crippen molar-refractivity contribution in [2.45, 2.75) is 38.4 Å². The summed E-state index contributed by atoms with van der Waals surface area (Å²) in [5.41, 5.74) is 1.12. The van der Waals surface area contributed by atoms with Crippen LogP contribution in [0.2, 0.25) is 0 Å². The molecular weight excluding hydrogens is 394 g/mol. The fourth-order valence-corrected chi connectivity index (χ4v) is 4.29. The van der Waals surface area contributed by atoms with Crippen LogP contribution in [0.25, 0.3) is 0 Å². The Morgan fingerprint density at radius 3 is 2.45 bits per heavy atom. The molecule has 0 spiro atoms. The second kappa shape index (κ2) is 9.65. The SMILES string of the molecule is COc1ccc(CN2CCC(c3nnc4n3CCNC4)CC2)c(OC)c1OC.Cl. The third-order valence-electron chi connectivity index (χ3n) is 5.78. The zero-order valence-electron chi connectivity index (χ0n) is 17.3. The van der Waals surface area contributed by atoms with Gasteiger partial charge in [-0.25, -0.2) is 0 Å². The summed E-state index contributed by atoms with van der Waals surface area (Å²) in [4.78, 5) is 2.47. The Kier molecular flexibility index (Phi) is 7.21. The summed E-state index contributed by atoms with van der Waals surface area (Å²) in [6, 6.07) is 4.01. The standard InChI is InChI=1S/C20H29N5O3.ClH/c1-26-16-5-4-15(18(27-2)19(16)28-3)13-24-9-6-14(7-10-24)20-23-22-17-12-21-8-11-25(17)20;/h4-5,14,21H,6-13H2,1-3H3;1H. The lowest BCUT2D eigenvalue weighted by atomic mass is 9.95. The van der Waals surface area contributed by atoms with Crippen LogP contribution < -0.4 is 19.5 Å². The van der Waals surface area contributed by atoms with Crippen molar-refractivity contribution in [2.75, 3.05) is 41.0 Å². The summed E-state index contributed by atoms with van der Waals surface area (Å²) < 4.78 is 18.8. The highest BCUT2D eigenvalue weighted by molar-refractivity contribution is 5.85. The molecule has 1 fully saturated rings. The average molecular weight is 424 g/mol. The van der Waals surface area contributed by atoms with E-state index >= 15 is 0 Å². The van der Waals surface area contributed by atoms with Crippen LogP contribution >= 0.6 is 12.4 Å². The van der Waals surface area contributed by atoms with Crippen LogP contribution in [-0.2, 0) is 19.6 Å². The molecule has 2 aliphatic heterocycles. The van der Waals surface area contributed by atoms with E-state index in [1.165, 1.54) is 5.82 Å². The van der Waals surface area contributed by atoms with Crippen LogP contribution in [0.5, 0.6) is 17.2 Å². The Labute approximate surface area is 177 Å². The fourth-order valence-electron chi connectivity index (χ4n) is 4.29. The highest BCUT2D eigenvalue weighted by Crippen LogP contribution is 2.40. The summed E-state index contributed by atoms with van der Waals surface area (Å²) in [5, 5.41) is 12.2. The number of benzene rings is 1. The smallest absolute Gasteiger partial charge is 0.203 e. The first kappa shape index (κ1) is 21.7. The topological polar surface area (TPSA) is 73.7 Å². The van der Waals surface area contributed by atoms with Gasteiger partial charge in [0.1, 0.15) is 11.6 Å². The second-order valence-electron chi connectivity index (χ2n) is 7.35. The molecule has 4 rings (SSSR count). The van der Waals surface area contributed by atoms with Gasteiger partial charge in [0.2, 0.25) is 5.75 Å². The number of nitrogens with zero attached hydrogens (tertiary/aromatic N) is 4. The highest BCUT2D eigenvalue weighted by atomic mass is 35.5. The van der Waals surface area contributed by atoms with Gasteiger partial charge in [0, 0.05) is 31.1 Å². The molecular formula is C20H30ClN5O3. The van der Waals surface area contributed by atoms with Crippen LogP contribution in [0.1, 0.15) is 36.0 Å². The van der Waals surface area contributed by atoms with Crippen molar-refractivity contribution >= 4 is 12.4 Å². The molecule has 29 heavy (non-hydrogen) atoms. The first-order chi connectivity index (χ1) is 13.7. The van der Waals surface area contributed by atoms with Crippen molar-refractivity contribution in [2.24, 2.45) is 0 Å². The summed E-state index contributed by atoms with van der Waals surface area (Å²) in [6.07, 6.45) is 2.20. The lowest BCUT2D eigenvalue weighted by Gasteiger charge is -2.32. The maximum absolute atomic E-state index is 5.63. The van der Waals surface area contributed by atoms with Crippen molar-refractivity contribution in [1.29, 1.82) is 0 Å². The molecule has 0 radical (unpaired) electrons. The highest BCUT2D eigenvalue weighted by Gasteiger charge is 2.28. The van der Waals surface area contributed by atoms with Crippen molar-refractivity contribution in [3.63, 3.8) is 0 Å². The zero-order valence-corrected chi connectivity index (χ0v) is 18.1. The van der Waals surface area contributed by atoms with Gasteiger partial charge in [0.15, 0.2) is 11.5 Å². The van der Waals surface area contributed by atoms with Gasteiger partial charge in [-0.15, -0.1) is 22.6 Å². The Balaban J connectivity index is 0.00000240. The van der Waals surface area contributed by atoms with Gasteiger partial charge in [-0.2, -0.15) is 0 Å². The molecule has 3 heterocycles. The van der Waals surface area contributed by atoms with Gasteiger partial charge in [-0.3, -0.25) is 4.90 Å². The van der Waals surface area contributed by atoms with Crippen molar-refractivity contribution < 1.29 is 14.2 Å². The first-order valence-corrected chi connectivity index (χ1v) is 9.88. The molecule has 1 N–H and O–H groups in total. The Hall–Kier alpha value is -2.03. The molecule has 160 valence electrons. The quantitative estimate of drug-likeness (QED) is 0.763. The number of hydrogen-bond acceptors (Lipinski definition) is 7. The number of ether oxygens (including phenoxy) is 3. The maximum atomic E-state index is 5.63. The van der Waals surface area contributed by atoms with E-state index < -0.39 is 0 Å². The molecule has 0 unspecified atom stereocenters. The summed E-state index contributed by atoms with van der Waals surface area (Å²) in [6.45, 7) is 5.69. The predicted molar refractivity (Wildman–Crippen MR) is 112 cm³/mol. The zero-order chi connectivity index (χ0) is 19.5. The van der Waals surface area contributed by atoms with E-state index in [-0.39, 0.29) is 12.4 Å². The minimum Gasteiger partial charge on any atom is -0.493 e. The number of rotatable bonds is 6. The first-order valence-electron chi connectivity index (χ1n) is 9.88. The van der Waals surface area contributed by atoms with E-state index in [0.29, 0.717) is 17.4 Å². The molecule has 1 saturated heterocycles. The lowest BCUT2D eigenvalue weighted by molar-refractivity contribution is 0.196. The number of halogens is 1. The number of hydrogen-bond donors (Lipinski definition) is 1. The molecule has 2 aliphatic rings. The third kappa shape index (κ3) is 4.29. The number of fused-ring (bicyclic) bond motifs is 1. The predicted octanol–water partition coefficient (Wildman–Crippen LogP) is 2.21. The molecule has 1 aromatic carbocycles. The van der Waals surface area contributed by atoms with Crippen LogP contribution in [0.4, 0.5) is 0 Å². The second-order valence-corrected chi connectivity index (χ2v) is 7.35. The summed E-state index contributed by atoms with van der Waals surface area (Å²) >= 11 is 0. The normalized spacial score (nSPS) is 17.3. The van der Waals surface area contributed by atoms with Gasteiger partial charge in [0.25, 0.3) is 0 Å². The molecule has 0 saturated carbocycles. The van der Waals surface area contributed by atoms with E-state index in [1.807, 2.05) is 6.07 Å². The third-order valence-corrected chi connectivity index (χ3v) is 5.78. The van der Waals surface area contributed by atoms with Gasteiger partial charge in [-0.1, -0.05) is 6.07 Å². The van der Waals surface area contributed by atoms with E-state index in [1.54, 1.807) is 21.3 Å². The molecule has 2 aromatic rings. The summed E-state index contributed by atoms with van der Waals surface area (Å²) in [5.74, 6) is 4.82. The number of aromatic nitrogens is 3. The minimum atomic E-state index is 0. The van der Waals surface area contributed by atoms with Crippen LogP contribution in [0.15, 0.2) is 12.1 Å². The molecule has 9 heteroatoms. The molecule has 0 atom stereocenters. The average Bonchev–Trinajstić information content (AvgIpc) is 3.18. The van der Waals surface area contributed by atoms with Gasteiger partial charge >= 0.3 is 0 Å². The lowest BCUT2D eigenvalue weighted by Crippen LogP contribution is -2.34. The Morgan fingerprint density at radius 1 is 1.00 bits per heavy atom. The number of nitrogens with one attached hydrogen (secondary N) is 1. The summed E-state index contributed by atoms with van der Waals surface area (Å²) in [7, 11) is 4.96. The molecule has 0 bridgehead atoms. The van der Waals surface area contributed by atoms with E-state index in [2.05, 4.69) is 31.0 Å². The number of piperidine rings is 1. The van der Waals surface area contributed by atoms with Crippen molar-refractivity contribution in [3.8, 4) is 17.2 Å². The van der Waals surface area contributed by atoms with E-state index in [4.69, 9.17) is 14.2 Å². The number of methoxy groups -OCH3 is 3. The largest absolute Gasteiger partial charge is 0.493 e. The van der Waals surface area contributed by atoms with Crippen molar-refractivity contribution in [3.05, 3.63) is 29.3 Å². The Morgan fingerprint density at radius 2 is 1.76 bits per heavy atom. The van der Waals surface area contributed by atoms with E-state index in [0.717, 1.165) is 69.2 Å². The molecule has 1 aromatic heterocycles. The van der Waals surface area contributed by atoms with Crippen LogP contribution in [0, 0.1) is 0 Å². The minimum absolute atomic E-state index is 0. The van der Waals surface area contributed by atoms with Gasteiger partial charge in [0.05, 0.1) is 27.9 Å². The van der Waals surface area contributed by atoms with Crippen LogP contribution in [-0.4, -0.2) is 60.6 Å². The van der Waals surface area contributed by atoms with Crippen LogP contribution in [0.3, 0.4) is 0 Å². The molecule has 0 aliphatic carbocycles. The number of likely N-dealkylation sites (tertiary alicyclic amines) is 1. The molecule has 8 nitrogen and oxygen atoms in total. The van der Waals surface area contributed by atoms with Gasteiger partial charge in [-0.05, 0) is 32.0 Å². The van der Waals surface area contributed by atoms with E-state index in [9.17, 15) is 0 Å².